The molecule has 1 aliphatic rings. The molecule has 1 aliphatic carbocycles. The van der Waals surface area contributed by atoms with Crippen LogP contribution in [0.15, 0.2) is 78.9 Å². The number of nitrogens with one attached hydrogen (secondary N) is 1. The van der Waals surface area contributed by atoms with Gasteiger partial charge in [-0.2, -0.15) is 0 Å². The van der Waals surface area contributed by atoms with Crippen LogP contribution in [0.5, 0.6) is 0 Å². The first-order valence-electron chi connectivity index (χ1n) is 10.3. The van der Waals surface area contributed by atoms with Gasteiger partial charge in [-0.25, -0.2) is 4.79 Å². The largest absolute Gasteiger partial charge is 0.449 e. The third-order valence-corrected chi connectivity index (χ3v) is 5.47. The molecular weight excluding hydrogens is 372 g/mol. The number of benzene rings is 3. The van der Waals surface area contributed by atoms with E-state index in [4.69, 9.17) is 10.5 Å². The summed E-state index contributed by atoms with van der Waals surface area (Å²) in [5.74, 6) is 0.0711. The summed E-state index contributed by atoms with van der Waals surface area (Å²) >= 11 is 0. The molecule has 0 saturated carbocycles. The van der Waals surface area contributed by atoms with E-state index in [2.05, 4.69) is 41.7 Å². The van der Waals surface area contributed by atoms with Crippen LogP contribution in [0, 0.1) is 0 Å². The molecule has 30 heavy (non-hydrogen) atoms. The van der Waals surface area contributed by atoms with E-state index in [1.807, 2.05) is 48.6 Å². The van der Waals surface area contributed by atoms with Crippen LogP contribution < -0.4 is 11.1 Å². The fourth-order valence-electron chi connectivity index (χ4n) is 4.06. The number of rotatable bonds is 7. The zero-order chi connectivity index (χ0) is 20.8. The van der Waals surface area contributed by atoms with Gasteiger partial charge >= 0.3 is 6.09 Å². The van der Waals surface area contributed by atoms with Crippen molar-refractivity contribution >= 4 is 12.2 Å². The number of amides is 1. The number of ether oxygens (including phenoxy) is 1. The van der Waals surface area contributed by atoms with E-state index < -0.39 is 6.09 Å². The van der Waals surface area contributed by atoms with E-state index >= 15 is 0 Å². The third kappa shape index (κ3) is 4.29. The van der Waals surface area contributed by atoms with Crippen molar-refractivity contribution in [3.63, 3.8) is 0 Å². The molecule has 0 saturated heterocycles. The predicted octanol–water partition coefficient (Wildman–Crippen LogP) is 4.74. The molecule has 0 atom stereocenters. The predicted molar refractivity (Wildman–Crippen MR) is 121 cm³/mol. The molecule has 4 nitrogen and oxygen atoms in total. The average Bonchev–Trinajstić information content (AvgIpc) is 3.10. The molecule has 4 rings (SSSR count). The van der Waals surface area contributed by atoms with Gasteiger partial charge in [-0.3, -0.25) is 0 Å². The molecule has 0 heterocycles. The molecule has 152 valence electrons. The highest BCUT2D eigenvalue weighted by Gasteiger charge is 2.28. The van der Waals surface area contributed by atoms with Gasteiger partial charge in [-0.05, 0) is 46.3 Å². The molecule has 0 spiro atoms. The normalized spacial score (nSPS) is 12.6. The lowest BCUT2D eigenvalue weighted by Gasteiger charge is -2.14. The lowest BCUT2D eigenvalue weighted by Crippen LogP contribution is -2.26. The maximum absolute atomic E-state index is 12.2. The first kappa shape index (κ1) is 19.9. The molecule has 0 unspecified atom stereocenters. The smallest absolute Gasteiger partial charge is 0.407 e. The van der Waals surface area contributed by atoms with Crippen LogP contribution in [0.3, 0.4) is 0 Å². The Morgan fingerprint density at radius 3 is 2.27 bits per heavy atom. The van der Waals surface area contributed by atoms with Crippen LogP contribution in [0.2, 0.25) is 0 Å². The monoisotopic (exact) mass is 398 g/mol. The average molecular weight is 399 g/mol. The molecule has 4 heteroatoms. The molecule has 1 amide bonds. The summed E-state index contributed by atoms with van der Waals surface area (Å²) < 4.78 is 5.55. The topological polar surface area (TPSA) is 64.3 Å². The van der Waals surface area contributed by atoms with E-state index in [-0.39, 0.29) is 5.92 Å². The van der Waals surface area contributed by atoms with Gasteiger partial charge in [-0.1, -0.05) is 84.9 Å². The highest BCUT2D eigenvalue weighted by molar-refractivity contribution is 5.79. The van der Waals surface area contributed by atoms with Crippen LogP contribution >= 0.6 is 0 Å². The van der Waals surface area contributed by atoms with Gasteiger partial charge in [0, 0.05) is 12.5 Å². The van der Waals surface area contributed by atoms with Crippen molar-refractivity contribution in [3.05, 3.63) is 101 Å². The fraction of sp³-hybridized carbons (Fsp3) is 0.192. The summed E-state index contributed by atoms with van der Waals surface area (Å²) in [5, 5.41) is 2.80. The maximum atomic E-state index is 12.2. The van der Waals surface area contributed by atoms with Crippen molar-refractivity contribution < 1.29 is 9.53 Å². The molecule has 3 N–H and O–H groups in total. The quantitative estimate of drug-likeness (QED) is 0.604. The lowest BCUT2D eigenvalue weighted by atomic mass is 9.98. The van der Waals surface area contributed by atoms with Gasteiger partial charge in [0.25, 0.3) is 0 Å². The second-order valence-electron chi connectivity index (χ2n) is 7.35. The Morgan fingerprint density at radius 2 is 1.57 bits per heavy atom. The first-order valence-corrected chi connectivity index (χ1v) is 10.3. The molecule has 0 aliphatic heterocycles. The van der Waals surface area contributed by atoms with E-state index in [1.54, 1.807) is 0 Å². The summed E-state index contributed by atoms with van der Waals surface area (Å²) in [5.41, 5.74) is 12.9. The highest BCUT2D eigenvalue weighted by atomic mass is 16.5. The van der Waals surface area contributed by atoms with Crippen molar-refractivity contribution in [1.82, 2.24) is 5.32 Å². The molecule has 0 bridgehead atoms. The van der Waals surface area contributed by atoms with Gasteiger partial charge in [0.05, 0.1) is 0 Å². The molecule has 0 aromatic heterocycles. The van der Waals surface area contributed by atoms with E-state index in [0.717, 1.165) is 12.0 Å². The van der Waals surface area contributed by atoms with Gasteiger partial charge in [0.2, 0.25) is 0 Å². The van der Waals surface area contributed by atoms with E-state index in [9.17, 15) is 4.79 Å². The van der Waals surface area contributed by atoms with Crippen LogP contribution in [0.4, 0.5) is 4.79 Å². The summed E-state index contributed by atoms with van der Waals surface area (Å²) in [7, 11) is 0. The first-order chi connectivity index (χ1) is 14.8. The van der Waals surface area contributed by atoms with Gasteiger partial charge in [-0.15, -0.1) is 0 Å². The van der Waals surface area contributed by atoms with Crippen molar-refractivity contribution in [2.75, 3.05) is 19.7 Å². The minimum atomic E-state index is -0.406. The molecule has 0 fully saturated rings. The Balaban J connectivity index is 1.33. The Morgan fingerprint density at radius 1 is 0.933 bits per heavy atom. The number of alkyl carbamates (subject to hydrolysis) is 1. The zero-order valence-corrected chi connectivity index (χ0v) is 16.9. The van der Waals surface area contributed by atoms with Crippen LogP contribution in [0.25, 0.3) is 17.2 Å². The second-order valence-corrected chi connectivity index (χ2v) is 7.35. The molecular formula is C26H26N2O2. The minimum absolute atomic E-state index is 0.0711. The summed E-state index contributed by atoms with van der Waals surface area (Å²) in [6.07, 6.45) is 4.36. The van der Waals surface area contributed by atoms with Crippen molar-refractivity contribution in [2.45, 2.75) is 12.3 Å². The Hall–Kier alpha value is -3.37. The van der Waals surface area contributed by atoms with E-state index in [0.29, 0.717) is 19.7 Å². The van der Waals surface area contributed by atoms with Gasteiger partial charge in [0.15, 0.2) is 0 Å². The summed E-state index contributed by atoms with van der Waals surface area (Å²) in [6.45, 7) is 1.35. The Labute approximate surface area is 177 Å². The molecule has 3 aromatic rings. The van der Waals surface area contributed by atoms with Gasteiger partial charge in [0.1, 0.15) is 6.61 Å². The molecule has 0 radical (unpaired) electrons. The number of carbonyl (C=O) groups is 1. The Bertz CT molecular complexity index is 1010. The number of hydrogen-bond acceptors (Lipinski definition) is 3. The van der Waals surface area contributed by atoms with Crippen molar-refractivity contribution in [2.24, 2.45) is 5.73 Å². The number of hydrogen-bond donors (Lipinski definition) is 2. The standard InChI is InChI=1S/C26H26N2O2/c27-16-15-20-9-2-1-8-19(20)10-7-17-28-26(29)30-18-25-23-13-5-3-11-21(23)22-12-4-6-14-24(22)25/h1-14,25H,15-18,27H2,(H,28,29). The Kier molecular flexibility index (Phi) is 6.26. The molecule has 3 aromatic carbocycles. The van der Waals surface area contributed by atoms with Crippen molar-refractivity contribution in [1.29, 1.82) is 0 Å². The SMILES string of the molecule is NCCc1ccccc1C=CCNC(=O)OCC1c2ccccc2-c2ccccc21. The minimum Gasteiger partial charge on any atom is -0.449 e. The van der Waals surface area contributed by atoms with Gasteiger partial charge < -0.3 is 15.8 Å². The van der Waals surface area contributed by atoms with Crippen molar-refractivity contribution in [3.8, 4) is 11.1 Å². The van der Waals surface area contributed by atoms with Crippen LogP contribution in [-0.2, 0) is 11.2 Å². The number of carbonyl (C=O) groups excluding carboxylic acids is 1. The maximum Gasteiger partial charge on any atom is 0.407 e. The second kappa shape index (κ2) is 9.42. The number of fused-ring (bicyclic) bond motifs is 3. The third-order valence-electron chi connectivity index (χ3n) is 5.47. The summed E-state index contributed by atoms with van der Waals surface area (Å²) in [4.78, 5) is 12.2. The fourth-order valence-corrected chi connectivity index (χ4v) is 4.06. The van der Waals surface area contributed by atoms with E-state index in [1.165, 1.54) is 27.8 Å². The van der Waals surface area contributed by atoms with Crippen LogP contribution in [-0.4, -0.2) is 25.8 Å². The summed E-state index contributed by atoms with van der Waals surface area (Å²) in [6, 6.07) is 24.8. The lowest BCUT2D eigenvalue weighted by molar-refractivity contribution is 0.144. The highest BCUT2D eigenvalue weighted by Crippen LogP contribution is 2.44. The number of nitrogens with two attached hydrogens (primary N) is 1. The zero-order valence-electron chi connectivity index (χ0n) is 16.9. The van der Waals surface area contributed by atoms with Crippen LogP contribution in [0.1, 0.15) is 28.2 Å².